The summed E-state index contributed by atoms with van der Waals surface area (Å²) in [5, 5.41) is 5.25. The number of amides is 1. The van der Waals surface area contributed by atoms with Gasteiger partial charge in [-0.2, -0.15) is 0 Å². The van der Waals surface area contributed by atoms with Crippen LogP contribution in [-0.2, 0) is 11.2 Å². The first-order valence-corrected chi connectivity index (χ1v) is 6.81. The highest BCUT2D eigenvalue weighted by Gasteiger charge is 2.10. The molecular weight excluding hydrogens is 260 g/mol. The number of methoxy groups -OCH3 is 1. The van der Waals surface area contributed by atoms with Gasteiger partial charge in [-0.15, -0.1) is 11.3 Å². The van der Waals surface area contributed by atoms with E-state index in [4.69, 9.17) is 4.74 Å². The van der Waals surface area contributed by atoms with E-state index in [2.05, 4.69) is 10.3 Å². The molecule has 0 aliphatic rings. The number of hydrogen-bond acceptors (Lipinski definition) is 4. The quantitative estimate of drug-likeness (QED) is 0.934. The zero-order valence-corrected chi connectivity index (χ0v) is 12.0. The van der Waals surface area contributed by atoms with E-state index in [0.29, 0.717) is 11.6 Å². The highest BCUT2D eigenvalue weighted by atomic mass is 32.1. The Balaban J connectivity index is 2.10. The SMILES string of the molecule is COc1cc(C)c(CC(=O)Nc2nccs2)cc1C. The van der Waals surface area contributed by atoms with Crippen LogP contribution >= 0.6 is 11.3 Å². The van der Waals surface area contributed by atoms with Gasteiger partial charge in [-0.05, 0) is 36.6 Å². The van der Waals surface area contributed by atoms with Crippen molar-refractivity contribution in [1.82, 2.24) is 4.98 Å². The van der Waals surface area contributed by atoms with Crippen LogP contribution in [0.1, 0.15) is 16.7 Å². The summed E-state index contributed by atoms with van der Waals surface area (Å²) in [7, 11) is 1.65. The largest absolute Gasteiger partial charge is 0.496 e. The Hall–Kier alpha value is -1.88. The molecule has 0 aliphatic carbocycles. The van der Waals surface area contributed by atoms with Gasteiger partial charge in [0.2, 0.25) is 5.91 Å². The third kappa shape index (κ3) is 3.32. The van der Waals surface area contributed by atoms with Gasteiger partial charge in [0, 0.05) is 11.6 Å². The van der Waals surface area contributed by atoms with Crippen LogP contribution in [0.4, 0.5) is 5.13 Å². The van der Waals surface area contributed by atoms with Crippen LogP contribution in [0.15, 0.2) is 23.7 Å². The predicted molar refractivity (Wildman–Crippen MR) is 76.9 cm³/mol. The second kappa shape index (κ2) is 5.84. The normalized spacial score (nSPS) is 10.3. The molecule has 0 saturated carbocycles. The Kier molecular flexibility index (Phi) is 4.16. The average Bonchev–Trinajstić information content (AvgIpc) is 2.86. The number of rotatable bonds is 4. The van der Waals surface area contributed by atoms with Gasteiger partial charge in [0.05, 0.1) is 13.5 Å². The van der Waals surface area contributed by atoms with Crippen LogP contribution in [0.2, 0.25) is 0 Å². The van der Waals surface area contributed by atoms with Crippen LogP contribution in [0.3, 0.4) is 0 Å². The smallest absolute Gasteiger partial charge is 0.230 e. The van der Waals surface area contributed by atoms with Crippen molar-refractivity contribution < 1.29 is 9.53 Å². The average molecular weight is 276 g/mol. The molecule has 1 N–H and O–H groups in total. The van der Waals surface area contributed by atoms with Crippen LogP contribution in [0, 0.1) is 13.8 Å². The van der Waals surface area contributed by atoms with Gasteiger partial charge in [-0.1, -0.05) is 6.07 Å². The summed E-state index contributed by atoms with van der Waals surface area (Å²) in [4.78, 5) is 16.0. The Morgan fingerprint density at radius 1 is 1.37 bits per heavy atom. The number of ether oxygens (including phenoxy) is 1. The molecule has 4 nitrogen and oxygen atoms in total. The Morgan fingerprint density at radius 3 is 2.79 bits per heavy atom. The van der Waals surface area contributed by atoms with Crippen LogP contribution in [0.5, 0.6) is 5.75 Å². The number of anilines is 1. The molecule has 0 radical (unpaired) electrons. The number of nitrogens with zero attached hydrogens (tertiary/aromatic N) is 1. The molecule has 0 bridgehead atoms. The minimum atomic E-state index is -0.0531. The summed E-state index contributed by atoms with van der Waals surface area (Å²) in [6.45, 7) is 3.95. The summed E-state index contributed by atoms with van der Waals surface area (Å²) in [6, 6.07) is 3.96. The van der Waals surface area contributed by atoms with Crippen molar-refractivity contribution in [3.8, 4) is 5.75 Å². The van der Waals surface area contributed by atoms with Gasteiger partial charge in [-0.3, -0.25) is 4.79 Å². The number of carbonyl (C=O) groups is 1. The third-order valence-electron chi connectivity index (χ3n) is 2.88. The van der Waals surface area contributed by atoms with E-state index >= 15 is 0 Å². The standard InChI is InChI=1S/C14H16N2O2S/c1-9-7-12(18-3)10(2)6-11(9)8-13(17)16-14-15-4-5-19-14/h4-7H,8H2,1-3H3,(H,15,16,17). The third-order valence-corrected chi connectivity index (χ3v) is 3.57. The highest BCUT2D eigenvalue weighted by molar-refractivity contribution is 7.13. The maximum atomic E-state index is 11.9. The molecule has 1 amide bonds. The second-order valence-electron chi connectivity index (χ2n) is 4.31. The first-order valence-electron chi connectivity index (χ1n) is 5.93. The number of aryl methyl sites for hydroxylation is 2. The minimum absolute atomic E-state index is 0.0531. The number of nitrogens with one attached hydrogen (secondary N) is 1. The van der Waals surface area contributed by atoms with E-state index in [1.165, 1.54) is 11.3 Å². The van der Waals surface area contributed by atoms with Gasteiger partial charge >= 0.3 is 0 Å². The Bertz CT molecular complexity index is 579. The molecule has 0 atom stereocenters. The topological polar surface area (TPSA) is 51.2 Å². The lowest BCUT2D eigenvalue weighted by Crippen LogP contribution is -2.15. The lowest BCUT2D eigenvalue weighted by molar-refractivity contribution is -0.115. The molecule has 2 rings (SSSR count). The van der Waals surface area contributed by atoms with Crippen molar-refractivity contribution in [1.29, 1.82) is 0 Å². The maximum absolute atomic E-state index is 11.9. The van der Waals surface area contributed by atoms with Gasteiger partial charge in [0.25, 0.3) is 0 Å². The van der Waals surface area contributed by atoms with Gasteiger partial charge in [0.15, 0.2) is 5.13 Å². The molecule has 1 heterocycles. The van der Waals surface area contributed by atoms with Gasteiger partial charge in [-0.25, -0.2) is 4.98 Å². The van der Waals surface area contributed by atoms with Crippen LogP contribution in [0.25, 0.3) is 0 Å². The van der Waals surface area contributed by atoms with Crippen molar-refractivity contribution in [2.75, 3.05) is 12.4 Å². The summed E-state index contributed by atoms with van der Waals surface area (Å²) in [5.74, 6) is 0.796. The molecule has 1 aromatic carbocycles. The van der Waals surface area contributed by atoms with E-state index in [0.717, 1.165) is 22.4 Å². The summed E-state index contributed by atoms with van der Waals surface area (Å²) in [5.41, 5.74) is 3.09. The maximum Gasteiger partial charge on any atom is 0.230 e. The molecule has 0 spiro atoms. The molecule has 19 heavy (non-hydrogen) atoms. The predicted octanol–water partition coefficient (Wildman–Crippen LogP) is 2.95. The highest BCUT2D eigenvalue weighted by Crippen LogP contribution is 2.23. The molecule has 0 unspecified atom stereocenters. The fraction of sp³-hybridized carbons (Fsp3) is 0.286. The van der Waals surface area contributed by atoms with Crippen molar-refractivity contribution in [3.63, 3.8) is 0 Å². The summed E-state index contributed by atoms with van der Waals surface area (Å²) < 4.78 is 5.26. The zero-order valence-electron chi connectivity index (χ0n) is 11.2. The molecule has 0 saturated heterocycles. The summed E-state index contributed by atoms with van der Waals surface area (Å²) >= 11 is 1.41. The van der Waals surface area contributed by atoms with Crippen molar-refractivity contribution in [2.24, 2.45) is 0 Å². The second-order valence-corrected chi connectivity index (χ2v) is 5.21. The molecule has 2 aromatic rings. The lowest BCUT2D eigenvalue weighted by Gasteiger charge is -2.11. The van der Waals surface area contributed by atoms with E-state index in [-0.39, 0.29) is 5.91 Å². The van der Waals surface area contributed by atoms with Crippen molar-refractivity contribution in [3.05, 3.63) is 40.4 Å². The number of aromatic nitrogens is 1. The first kappa shape index (κ1) is 13.5. The van der Waals surface area contributed by atoms with E-state index in [1.807, 2.05) is 31.4 Å². The monoisotopic (exact) mass is 276 g/mol. The molecule has 0 fully saturated rings. The van der Waals surface area contributed by atoms with Crippen molar-refractivity contribution in [2.45, 2.75) is 20.3 Å². The Morgan fingerprint density at radius 2 is 2.16 bits per heavy atom. The summed E-state index contributed by atoms with van der Waals surface area (Å²) in [6.07, 6.45) is 2.01. The van der Waals surface area contributed by atoms with Crippen LogP contribution in [-0.4, -0.2) is 18.0 Å². The Labute approximate surface area is 116 Å². The number of hydrogen-bond donors (Lipinski definition) is 1. The zero-order chi connectivity index (χ0) is 13.8. The molecule has 5 heteroatoms. The van der Waals surface area contributed by atoms with Crippen molar-refractivity contribution >= 4 is 22.4 Å². The fourth-order valence-corrected chi connectivity index (χ4v) is 2.43. The number of thiazole rings is 1. The number of carbonyl (C=O) groups excluding carboxylic acids is 1. The molecule has 100 valence electrons. The molecule has 1 aromatic heterocycles. The number of benzene rings is 1. The fourth-order valence-electron chi connectivity index (χ4n) is 1.88. The first-order chi connectivity index (χ1) is 9.10. The molecule has 0 aliphatic heterocycles. The molecular formula is C14H16N2O2S. The van der Waals surface area contributed by atoms with E-state index < -0.39 is 0 Å². The van der Waals surface area contributed by atoms with E-state index in [9.17, 15) is 4.79 Å². The van der Waals surface area contributed by atoms with Crippen LogP contribution < -0.4 is 10.1 Å². The van der Waals surface area contributed by atoms with Gasteiger partial charge < -0.3 is 10.1 Å². The minimum Gasteiger partial charge on any atom is -0.496 e. The lowest BCUT2D eigenvalue weighted by atomic mass is 10.0. The van der Waals surface area contributed by atoms with Gasteiger partial charge in [0.1, 0.15) is 5.75 Å². The van der Waals surface area contributed by atoms with E-state index in [1.54, 1.807) is 13.3 Å².